The summed E-state index contributed by atoms with van der Waals surface area (Å²) in [5.74, 6) is 1.65. The van der Waals surface area contributed by atoms with E-state index in [0.717, 1.165) is 69.6 Å². The van der Waals surface area contributed by atoms with Gasteiger partial charge in [0.25, 0.3) is 0 Å². The van der Waals surface area contributed by atoms with E-state index >= 15 is 0 Å². The van der Waals surface area contributed by atoms with Gasteiger partial charge >= 0.3 is 0 Å². The summed E-state index contributed by atoms with van der Waals surface area (Å²) in [7, 11) is 1.68. The van der Waals surface area contributed by atoms with Crippen molar-refractivity contribution in [1.29, 1.82) is 0 Å². The first kappa shape index (κ1) is 25.4. The average molecular weight is 437 g/mol. The van der Waals surface area contributed by atoms with E-state index in [-0.39, 0.29) is 6.10 Å². The van der Waals surface area contributed by atoms with E-state index in [4.69, 9.17) is 23.9 Å². The van der Waals surface area contributed by atoms with Crippen molar-refractivity contribution < 1.29 is 18.9 Å². The summed E-state index contributed by atoms with van der Waals surface area (Å²) in [4.78, 5) is 7.15. The van der Waals surface area contributed by atoms with Gasteiger partial charge in [-0.25, -0.2) is 0 Å². The highest BCUT2D eigenvalue weighted by Gasteiger charge is 2.09. The van der Waals surface area contributed by atoms with Crippen molar-refractivity contribution in [3.8, 4) is 5.75 Å². The Morgan fingerprint density at radius 3 is 2.58 bits per heavy atom. The van der Waals surface area contributed by atoms with Crippen molar-refractivity contribution in [2.45, 2.75) is 32.8 Å². The molecular weight excluding hydrogens is 396 g/mol. The third-order valence-corrected chi connectivity index (χ3v) is 4.68. The minimum atomic E-state index is 0.162. The quantitative estimate of drug-likeness (QED) is 0.264. The van der Waals surface area contributed by atoms with Gasteiger partial charge in [-0.15, -0.1) is 0 Å². The Bertz CT molecular complexity index is 604. The Labute approximate surface area is 187 Å². The molecule has 2 N–H and O–H groups in total. The fourth-order valence-electron chi connectivity index (χ4n) is 3.10. The molecule has 176 valence electrons. The highest BCUT2D eigenvalue weighted by atomic mass is 16.5. The summed E-state index contributed by atoms with van der Waals surface area (Å²) in [5.41, 5.74) is 0.979. The van der Waals surface area contributed by atoms with Gasteiger partial charge in [0.05, 0.1) is 32.5 Å². The number of ether oxygens (including phenoxy) is 4. The van der Waals surface area contributed by atoms with Crippen LogP contribution in [0, 0.1) is 0 Å². The Kier molecular flexibility index (Phi) is 13.0. The van der Waals surface area contributed by atoms with Gasteiger partial charge in [0.15, 0.2) is 5.96 Å². The lowest BCUT2D eigenvalue weighted by atomic mass is 10.3. The fraction of sp³-hybridized carbons (Fsp3) is 0.696. The molecule has 1 fully saturated rings. The zero-order valence-electron chi connectivity index (χ0n) is 19.4. The van der Waals surface area contributed by atoms with Crippen molar-refractivity contribution in [2.24, 2.45) is 4.99 Å². The Morgan fingerprint density at radius 2 is 1.87 bits per heavy atom. The van der Waals surface area contributed by atoms with Crippen LogP contribution in [0.1, 0.15) is 26.7 Å². The summed E-state index contributed by atoms with van der Waals surface area (Å²) in [6, 6.07) is 7.97. The fourth-order valence-corrected chi connectivity index (χ4v) is 3.10. The summed E-state index contributed by atoms with van der Waals surface area (Å²) in [6.07, 6.45) is 2.09. The molecule has 1 aromatic carbocycles. The molecule has 0 bridgehead atoms. The summed E-state index contributed by atoms with van der Waals surface area (Å²) in [5, 5.41) is 6.85. The van der Waals surface area contributed by atoms with Crippen LogP contribution in [-0.4, -0.2) is 89.8 Å². The van der Waals surface area contributed by atoms with Gasteiger partial charge in [-0.3, -0.25) is 9.89 Å². The number of aliphatic imine (C=N–C) groups is 1. The standard InChI is InChI=1S/C23H40N4O4/c1-20(2)31-22-8-6-21(7-9-22)26-23(25-11-5-15-29-19-18-28-3)24-10-4-12-27-13-16-30-17-14-27/h6-9,20H,4-5,10-19H2,1-3H3,(H2,24,25,26). The molecule has 0 unspecified atom stereocenters. The lowest BCUT2D eigenvalue weighted by molar-refractivity contribution is 0.0376. The van der Waals surface area contributed by atoms with Crippen LogP contribution in [0.15, 0.2) is 29.3 Å². The summed E-state index contributed by atoms with van der Waals surface area (Å²) < 4.78 is 21.6. The second-order valence-electron chi connectivity index (χ2n) is 7.74. The second kappa shape index (κ2) is 15.9. The highest BCUT2D eigenvalue weighted by Crippen LogP contribution is 2.16. The van der Waals surface area contributed by atoms with Crippen molar-refractivity contribution in [3.63, 3.8) is 0 Å². The molecular formula is C23H40N4O4. The van der Waals surface area contributed by atoms with Gasteiger partial charge in [-0.2, -0.15) is 0 Å². The first-order chi connectivity index (χ1) is 15.2. The summed E-state index contributed by atoms with van der Waals surface area (Å²) >= 11 is 0. The maximum atomic E-state index is 5.72. The number of nitrogens with zero attached hydrogens (tertiary/aromatic N) is 2. The van der Waals surface area contributed by atoms with E-state index in [1.165, 1.54) is 0 Å². The lowest BCUT2D eigenvalue weighted by Gasteiger charge is -2.26. The van der Waals surface area contributed by atoms with E-state index in [9.17, 15) is 0 Å². The van der Waals surface area contributed by atoms with Crippen LogP contribution in [0.2, 0.25) is 0 Å². The molecule has 1 saturated heterocycles. The molecule has 1 aromatic rings. The molecule has 1 aliphatic rings. The maximum Gasteiger partial charge on any atom is 0.195 e. The SMILES string of the molecule is COCCOCCCN=C(NCCCN1CCOCC1)Nc1ccc(OC(C)C)cc1. The van der Waals surface area contributed by atoms with Crippen LogP contribution in [0.5, 0.6) is 5.75 Å². The van der Waals surface area contributed by atoms with Crippen LogP contribution in [0.3, 0.4) is 0 Å². The first-order valence-electron chi connectivity index (χ1n) is 11.4. The van der Waals surface area contributed by atoms with Gasteiger partial charge in [-0.1, -0.05) is 0 Å². The number of morpholine rings is 1. The van der Waals surface area contributed by atoms with Crippen LogP contribution in [-0.2, 0) is 14.2 Å². The van der Waals surface area contributed by atoms with Crippen molar-refractivity contribution in [1.82, 2.24) is 10.2 Å². The number of rotatable bonds is 14. The molecule has 0 radical (unpaired) electrons. The van der Waals surface area contributed by atoms with Crippen LogP contribution in [0.25, 0.3) is 0 Å². The Hall–Kier alpha value is -1.87. The van der Waals surface area contributed by atoms with Gasteiger partial charge in [0.1, 0.15) is 5.75 Å². The molecule has 8 heteroatoms. The van der Waals surface area contributed by atoms with E-state index in [1.807, 2.05) is 38.1 Å². The largest absolute Gasteiger partial charge is 0.491 e. The van der Waals surface area contributed by atoms with Crippen molar-refractivity contribution >= 4 is 11.6 Å². The second-order valence-corrected chi connectivity index (χ2v) is 7.74. The van der Waals surface area contributed by atoms with E-state index in [2.05, 4.69) is 15.5 Å². The molecule has 2 rings (SSSR count). The molecule has 0 amide bonds. The predicted octanol–water partition coefficient (Wildman–Crippen LogP) is 2.61. The van der Waals surface area contributed by atoms with E-state index in [0.29, 0.717) is 26.4 Å². The first-order valence-corrected chi connectivity index (χ1v) is 11.4. The van der Waals surface area contributed by atoms with Crippen LogP contribution >= 0.6 is 0 Å². The molecule has 1 heterocycles. The number of nitrogens with one attached hydrogen (secondary N) is 2. The lowest BCUT2D eigenvalue weighted by Crippen LogP contribution is -2.39. The Morgan fingerprint density at radius 1 is 1.10 bits per heavy atom. The Balaban J connectivity index is 1.79. The zero-order valence-corrected chi connectivity index (χ0v) is 19.4. The van der Waals surface area contributed by atoms with Gasteiger partial charge in [0.2, 0.25) is 0 Å². The minimum absolute atomic E-state index is 0.162. The molecule has 0 aliphatic carbocycles. The van der Waals surface area contributed by atoms with Gasteiger partial charge in [0, 0.05) is 45.6 Å². The summed E-state index contributed by atoms with van der Waals surface area (Å²) in [6.45, 7) is 12.3. The monoisotopic (exact) mass is 436 g/mol. The van der Waals surface area contributed by atoms with Crippen LogP contribution in [0.4, 0.5) is 5.69 Å². The maximum absolute atomic E-state index is 5.72. The van der Waals surface area contributed by atoms with E-state index < -0.39 is 0 Å². The smallest absolute Gasteiger partial charge is 0.195 e. The number of anilines is 1. The van der Waals surface area contributed by atoms with Crippen LogP contribution < -0.4 is 15.4 Å². The molecule has 0 spiro atoms. The number of benzene rings is 1. The predicted molar refractivity (Wildman–Crippen MR) is 125 cm³/mol. The van der Waals surface area contributed by atoms with E-state index in [1.54, 1.807) is 7.11 Å². The topological polar surface area (TPSA) is 76.6 Å². The van der Waals surface area contributed by atoms with Gasteiger partial charge < -0.3 is 29.6 Å². The highest BCUT2D eigenvalue weighted by molar-refractivity contribution is 5.93. The number of guanidine groups is 1. The zero-order chi connectivity index (χ0) is 22.2. The van der Waals surface area contributed by atoms with Gasteiger partial charge in [-0.05, 0) is 57.5 Å². The molecule has 0 saturated carbocycles. The number of hydrogen-bond acceptors (Lipinski definition) is 6. The molecule has 0 aromatic heterocycles. The minimum Gasteiger partial charge on any atom is -0.491 e. The van der Waals surface area contributed by atoms with Crippen molar-refractivity contribution in [3.05, 3.63) is 24.3 Å². The normalized spacial score (nSPS) is 15.3. The molecule has 31 heavy (non-hydrogen) atoms. The molecule has 1 aliphatic heterocycles. The third kappa shape index (κ3) is 11.9. The number of hydrogen-bond donors (Lipinski definition) is 2. The third-order valence-electron chi connectivity index (χ3n) is 4.68. The average Bonchev–Trinajstić information content (AvgIpc) is 2.77. The molecule has 8 nitrogen and oxygen atoms in total. The number of methoxy groups -OCH3 is 1. The molecule has 0 atom stereocenters. The van der Waals surface area contributed by atoms with Crippen molar-refractivity contribution in [2.75, 3.05) is 78.2 Å².